The summed E-state index contributed by atoms with van der Waals surface area (Å²) < 4.78 is 2.33. The zero-order valence-electron chi connectivity index (χ0n) is 16.1. The van der Waals surface area contributed by atoms with E-state index < -0.39 is 0 Å². The van der Waals surface area contributed by atoms with Gasteiger partial charge in [0, 0.05) is 7.05 Å². The van der Waals surface area contributed by atoms with Crippen molar-refractivity contribution in [3.63, 3.8) is 0 Å². The summed E-state index contributed by atoms with van der Waals surface area (Å²) in [5, 5.41) is 1.99. The van der Waals surface area contributed by atoms with Crippen LogP contribution in [0.4, 0.5) is 0 Å². The Morgan fingerprint density at radius 1 is 0.964 bits per heavy atom. The van der Waals surface area contributed by atoms with Crippen molar-refractivity contribution < 1.29 is 4.79 Å². The van der Waals surface area contributed by atoms with Crippen LogP contribution in [0.3, 0.4) is 0 Å². The normalized spacial score (nSPS) is 12.7. The molecule has 0 spiro atoms. The predicted octanol–water partition coefficient (Wildman–Crippen LogP) is 4.56. The number of carbonyl (C=O) groups excluding carboxylic acids is 1. The lowest BCUT2D eigenvalue weighted by Crippen LogP contribution is -2.37. The van der Waals surface area contributed by atoms with E-state index in [0.29, 0.717) is 13.1 Å². The Balaban J connectivity index is 1.40. The minimum Gasteiger partial charge on any atom is -0.335 e. The van der Waals surface area contributed by atoms with Crippen molar-refractivity contribution in [1.82, 2.24) is 19.8 Å². The van der Waals surface area contributed by atoms with E-state index in [2.05, 4.69) is 22.1 Å². The molecule has 0 bridgehead atoms. The van der Waals surface area contributed by atoms with Gasteiger partial charge >= 0.3 is 0 Å². The van der Waals surface area contributed by atoms with E-state index in [1.807, 2.05) is 62.3 Å². The number of nitrogens with zero attached hydrogens (tertiary/aromatic N) is 4. The van der Waals surface area contributed by atoms with Gasteiger partial charge < -0.3 is 4.90 Å². The Labute approximate surface area is 172 Å². The van der Waals surface area contributed by atoms with Crippen molar-refractivity contribution in [2.45, 2.75) is 19.5 Å². The second-order valence-electron chi connectivity index (χ2n) is 6.95. The Kier molecular flexibility index (Phi) is 5.39. The third-order valence-corrected chi connectivity index (χ3v) is 7.02. The number of para-hydroxylation sites is 2. The van der Waals surface area contributed by atoms with Crippen molar-refractivity contribution in [2.24, 2.45) is 0 Å². The number of benzene rings is 2. The molecular formula is C21H22N4OS2. The summed E-state index contributed by atoms with van der Waals surface area (Å²) in [4.78, 5) is 25.9. The number of likely N-dealkylation sites (N-methyl/N-ethyl adjacent to an activating group) is 2. The molecule has 7 heteroatoms. The number of rotatable bonds is 6. The van der Waals surface area contributed by atoms with Gasteiger partial charge in [-0.1, -0.05) is 24.3 Å². The van der Waals surface area contributed by atoms with Crippen LogP contribution >= 0.6 is 22.7 Å². The Hall–Kier alpha value is -2.35. The number of fused-ring (bicyclic) bond motifs is 2. The van der Waals surface area contributed by atoms with Gasteiger partial charge in [-0.2, -0.15) is 0 Å². The van der Waals surface area contributed by atoms with Crippen LogP contribution in [0.5, 0.6) is 0 Å². The largest absolute Gasteiger partial charge is 0.335 e. The smallest absolute Gasteiger partial charge is 0.237 e. The lowest BCUT2D eigenvalue weighted by Gasteiger charge is -2.25. The molecule has 2 aromatic heterocycles. The molecule has 0 aliphatic rings. The minimum atomic E-state index is -0.0549. The predicted molar refractivity (Wildman–Crippen MR) is 117 cm³/mol. The number of amides is 1. The average Bonchev–Trinajstić information content (AvgIpc) is 3.29. The molecule has 0 fully saturated rings. The standard InChI is InChI=1S/C21H22N4OS2/c1-14(21-23-16-9-5-7-11-18(16)28-21)25(3)20(26)13-24(2)12-19-22-15-8-4-6-10-17(15)27-19/h4-11,14H,12-13H2,1-3H3/t14-/m0/s1. The van der Waals surface area contributed by atoms with Gasteiger partial charge in [-0.15, -0.1) is 22.7 Å². The molecule has 5 nitrogen and oxygen atoms in total. The quantitative estimate of drug-likeness (QED) is 0.468. The van der Waals surface area contributed by atoms with E-state index in [0.717, 1.165) is 25.7 Å². The first-order chi connectivity index (χ1) is 13.5. The summed E-state index contributed by atoms with van der Waals surface area (Å²) in [6.45, 7) is 3.04. The van der Waals surface area contributed by atoms with Crippen molar-refractivity contribution in [3.05, 3.63) is 58.5 Å². The highest BCUT2D eigenvalue weighted by molar-refractivity contribution is 7.18. The van der Waals surface area contributed by atoms with E-state index in [-0.39, 0.29) is 11.9 Å². The highest BCUT2D eigenvalue weighted by Gasteiger charge is 2.22. The number of aromatic nitrogens is 2. The molecule has 0 aliphatic heterocycles. The van der Waals surface area contributed by atoms with Gasteiger partial charge in [0.1, 0.15) is 10.0 Å². The van der Waals surface area contributed by atoms with Gasteiger partial charge in [-0.25, -0.2) is 9.97 Å². The molecule has 2 aromatic carbocycles. The molecule has 0 unspecified atom stereocenters. The third kappa shape index (κ3) is 3.92. The molecule has 4 rings (SSSR count). The first kappa shape index (κ1) is 19.0. The zero-order chi connectivity index (χ0) is 19.7. The maximum atomic E-state index is 12.8. The first-order valence-electron chi connectivity index (χ1n) is 9.15. The second kappa shape index (κ2) is 7.95. The van der Waals surface area contributed by atoms with Gasteiger partial charge in [-0.05, 0) is 38.2 Å². The Morgan fingerprint density at radius 3 is 2.21 bits per heavy atom. The van der Waals surface area contributed by atoms with Crippen LogP contribution in [0.15, 0.2) is 48.5 Å². The van der Waals surface area contributed by atoms with Crippen LogP contribution < -0.4 is 0 Å². The van der Waals surface area contributed by atoms with Crippen molar-refractivity contribution in [1.29, 1.82) is 0 Å². The van der Waals surface area contributed by atoms with Crippen molar-refractivity contribution in [3.8, 4) is 0 Å². The van der Waals surface area contributed by atoms with Gasteiger partial charge in [0.25, 0.3) is 0 Å². The maximum absolute atomic E-state index is 12.8. The lowest BCUT2D eigenvalue weighted by molar-refractivity contribution is -0.132. The zero-order valence-corrected chi connectivity index (χ0v) is 17.8. The topological polar surface area (TPSA) is 49.3 Å². The molecule has 1 atom stereocenters. The van der Waals surface area contributed by atoms with E-state index in [1.54, 1.807) is 27.6 Å². The summed E-state index contributed by atoms with van der Waals surface area (Å²) >= 11 is 3.33. The molecule has 28 heavy (non-hydrogen) atoms. The van der Waals surface area contributed by atoms with Crippen LogP contribution in [0.1, 0.15) is 23.0 Å². The van der Waals surface area contributed by atoms with E-state index in [1.165, 1.54) is 4.70 Å². The van der Waals surface area contributed by atoms with E-state index >= 15 is 0 Å². The Morgan fingerprint density at radius 2 is 1.57 bits per heavy atom. The van der Waals surface area contributed by atoms with E-state index in [9.17, 15) is 4.79 Å². The molecule has 0 saturated heterocycles. The average molecular weight is 411 g/mol. The van der Waals surface area contributed by atoms with Crippen LogP contribution in [-0.4, -0.2) is 46.3 Å². The molecule has 0 aliphatic carbocycles. The summed E-state index contributed by atoms with van der Waals surface area (Å²) in [5.41, 5.74) is 2.01. The number of carbonyl (C=O) groups is 1. The fourth-order valence-electron chi connectivity index (χ4n) is 3.07. The van der Waals surface area contributed by atoms with E-state index in [4.69, 9.17) is 0 Å². The van der Waals surface area contributed by atoms with Gasteiger partial charge in [0.15, 0.2) is 0 Å². The van der Waals surface area contributed by atoms with Crippen LogP contribution in [0.2, 0.25) is 0 Å². The number of hydrogen-bond donors (Lipinski definition) is 0. The van der Waals surface area contributed by atoms with Crippen LogP contribution in [0.25, 0.3) is 20.4 Å². The lowest BCUT2D eigenvalue weighted by atomic mass is 10.3. The molecule has 2 heterocycles. The molecule has 1 amide bonds. The summed E-state index contributed by atoms with van der Waals surface area (Å²) in [6, 6.07) is 16.1. The summed E-state index contributed by atoms with van der Waals surface area (Å²) in [6.07, 6.45) is 0. The molecule has 4 aromatic rings. The number of hydrogen-bond acceptors (Lipinski definition) is 6. The highest BCUT2D eigenvalue weighted by atomic mass is 32.1. The van der Waals surface area contributed by atoms with Crippen LogP contribution in [0, 0.1) is 0 Å². The third-order valence-electron chi connectivity index (χ3n) is 4.79. The van der Waals surface area contributed by atoms with Crippen molar-refractivity contribution >= 4 is 49.0 Å². The SMILES string of the molecule is C[C@@H](c1nc2ccccc2s1)N(C)C(=O)CN(C)Cc1nc2ccccc2s1. The fraction of sp³-hybridized carbons (Fsp3) is 0.286. The second-order valence-corrected chi connectivity index (χ2v) is 9.13. The van der Waals surface area contributed by atoms with Crippen LogP contribution in [-0.2, 0) is 11.3 Å². The Bertz CT molecular complexity index is 1050. The molecule has 144 valence electrons. The molecular weight excluding hydrogens is 388 g/mol. The molecule has 0 radical (unpaired) electrons. The summed E-state index contributed by atoms with van der Waals surface area (Å²) in [5.74, 6) is 0.0790. The van der Waals surface area contributed by atoms with Crippen molar-refractivity contribution in [2.75, 3.05) is 20.6 Å². The van der Waals surface area contributed by atoms with Gasteiger partial charge in [-0.3, -0.25) is 9.69 Å². The minimum absolute atomic E-state index is 0.0549. The fourth-order valence-corrected chi connectivity index (χ4v) is 5.18. The number of thiazole rings is 2. The van der Waals surface area contributed by atoms with Gasteiger partial charge in [0.05, 0.1) is 39.6 Å². The monoisotopic (exact) mass is 410 g/mol. The first-order valence-corrected chi connectivity index (χ1v) is 10.8. The summed E-state index contributed by atoms with van der Waals surface area (Å²) in [7, 11) is 3.81. The van der Waals surface area contributed by atoms with Gasteiger partial charge in [0.2, 0.25) is 5.91 Å². The molecule has 0 N–H and O–H groups in total. The highest BCUT2D eigenvalue weighted by Crippen LogP contribution is 2.29. The molecule has 0 saturated carbocycles. The maximum Gasteiger partial charge on any atom is 0.237 e.